The van der Waals surface area contributed by atoms with Gasteiger partial charge in [-0.3, -0.25) is 14.5 Å². The number of aliphatic hydroxyl groups excluding tert-OH is 1. The zero-order chi connectivity index (χ0) is 15.6. The first-order chi connectivity index (χ1) is 10.5. The predicted molar refractivity (Wildman–Crippen MR) is 81.3 cm³/mol. The zero-order valence-corrected chi connectivity index (χ0v) is 13.0. The molecule has 0 spiro atoms. The lowest BCUT2D eigenvalue weighted by atomic mass is 9.44. The van der Waals surface area contributed by atoms with Gasteiger partial charge in [0.25, 0.3) is 11.8 Å². The van der Waals surface area contributed by atoms with Gasteiger partial charge in [-0.15, -0.1) is 0 Å². The monoisotopic (exact) mass is 299 g/mol. The number of imide groups is 1. The minimum atomic E-state index is -0.192. The third-order valence-electron chi connectivity index (χ3n) is 6.45. The number of amides is 2. The zero-order valence-electron chi connectivity index (χ0n) is 13.0. The van der Waals surface area contributed by atoms with Gasteiger partial charge in [-0.25, -0.2) is 0 Å². The number of hydrogen-bond donors (Lipinski definition) is 1. The van der Waals surface area contributed by atoms with Crippen LogP contribution in [-0.2, 0) is 0 Å². The van der Waals surface area contributed by atoms with Crippen LogP contribution in [0.2, 0.25) is 0 Å². The normalized spacial score (nSPS) is 35.3. The largest absolute Gasteiger partial charge is 0.396 e. The van der Waals surface area contributed by atoms with Crippen molar-refractivity contribution in [2.24, 2.45) is 23.2 Å². The minimum Gasteiger partial charge on any atom is -0.396 e. The number of fused-ring (bicyclic) bond motifs is 3. The van der Waals surface area contributed by atoms with Gasteiger partial charge in [0.05, 0.1) is 11.1 Å². The molecular formula is C18H21NO3. The third-order valence-corrected chi connectivity index (χ3v) is 6.45. The molecule has 22 heavy (non-hydrogen) atoms. The van der Waals surface area contributed by atoms with Crippen molar-refractivity contribution in [3.8, 4) is 0 Å². The molecule has 1 unspecified atom stereocenters. The Balaban J connectivity index is 1.69. The quantitative estimate of drug-likeness (QED) is 0.853. The number of benzene rings is 1. The van der Waals surface area contributed by atoms with Crippen LogP contribution < -0.4 is 0 Å². The Morgan fingerprint density at radius 2 is 1.73 bits per heavy atom. The molecule has 0 radical (unpaired) electrons. The fraction of sp³-hybridized carbons (Fsp3) is 0.556. The van der Waals surface area contributed by atoms with Gasteiger partial charge in [0, 0.05) is 18.6 Å². The Hall–Kier alpha value is -1.68. The first kappa shape index (κ1) is 13.9. The summed E-state index contributed by atoms with van der Waals surface area (Å²) in [6.07, 6.45) is 1.93. The number of carbonyl (C=O) groups excluding carboxylic acids is 2. The molecular weight excluding hydrogens is 278 g/mol. The second-order valence-electron chi connectivity index (χ2n) is 7.54. The summed E-state index contributed by atoms with van der Waals surface area (Å²) < 4.78 is 0. The van der Waals surface area contributed by atoms with Gasteiger partial charge < -0.3 is 5.11 Å². The van der Waals surface area contributed by atoms with E-state index in [1.165, 1.54) is 4.90 Å². The lowest BCUT2D eigenvalue weighted by molar-refractivity contribution is -0.144. The highest BCUT2D eigenvalue weighted by Gasteiger charge is 2.60. The maximum atomic E-state index is 12.7. The summed E-state index contributed by atoms with van der Waals surface area (Å²) in [5.74, 6) is 0.550. The molecule has 4 nitrogen and oxygen atoms in total. The number of hydrogen-bond acceptors (Lipinski definition) is 3. The Morgan fingerprint density at radius 3 is 2.23 bits per heavy atom. The molecule has 4 atom stereocenters. The first-order valence-electron chi connectivity index (χ1n) is 8.04. The van der Waals surface area contributed by atoms with Crippen molar-refractivity contribution in [1.82, 2.24) is 4.90 Å². The number of aliphatic hydroxyl groups is 1. The smallest absolute Gasteiger partial charge is 0.261 e. The molecule has 3 saturated carbocycles. The first-order valence-corrected chi connectivity index (χ1v) is 8.04. The number of carbonyl (C=O) groups is 2. The Bertz CT molecular complexity index is 631. The van der Waals surface area contributed by atoms with Gasteiger partial charge in [0.15, 0.2) is 0 Å². The maximum absolute atomic E-state index is 12.7. The van der Waals surface area contributed by atoms with Crippen molar-refractivity contribution in [1.29, 1.82) is 0 Å². The van der Waals surface area contributed by atoms with E-state index in [0.717, 1.165) is 12.8 Å². The summed E-state index contributed by atoms with van der Waals surface area (Å²) in [5, 5.41) is 9.89. The van der Waals surface area contributed by atoms with Crippen LogP contribution in [0.25, 0.3) is 0 Å². The van der Waals surface area contributed by atoms with Gasteiger partial charge in [-0.2, -0.15) is 0 Å². The minimum absolute atomic E-state index is 0.00205. The lowest BCUT2D eigenvalue weighted by Crippen LogP contribution is -2.63. The van der Waals surface area contributed by atoms with E-state index in [1.807, 2.05) is 0 Å². The molecule has 3 fully saturated rings. The van der Waals surface area contributed by atoms with Gasteiger partial charge >= 0.3 is 0 Å². The highest BCUT2D eigenvalue weighted by atomic mass is 16.3. The lowest BCUT2D eigenvalue weighted by Gasteiger charge is -2.63. The molecule has 0 saturated heterocycles. The van der Waals surface area contributed by atoms with E-state index in [2.05, 4.69) is 13.8 Å². The highest BCUT2D eigenvalue weighted by Crippen LogP contribution is 2.62. The summed E-state index contributed by atoms with van der Waals surface area (Å²) >= 11 is 0. The molecule has 1 aromatic rings. The summed E-state index contributed by atoms with van der Waals surface area (Å²) in [6, 6.07) is 6.86. The molecule has 1 heterocycles. The van der Waals surface area contributed by atoms with Crippen molar-refractivity contribution in [2.45, 2.75) is 32.7 Å². The summed E-state index contributed by atoms with van der Waals surface area (Å²) in [4.78, 5) is 26.8. The fourth-order valence-corrected chi connectivity index (χ4v) is 4.97. The van der Waals surface area contributed by atoms with Gasteiger partial charge in [0.2, 0.25) is 0 Å². The van der Waals surface area contributed by atoms with E-state index in [4.69, 9.17) is 0 Å². The number of nitrogens with zero attached hydrogens (tertiary/aromatic N) is 1. The standard InChI is InChI=1S/C18H21NO3/c1-18(2)10-7-14(18)13(9-20)15(8-10)19-16(21)11-5-3-4-6-12(11)17(19)22/h3-6,10,13-15,20H,7-9H2,1-2H3/t10-,13+,14+,15?/m0/s1. The average Bonchev–Trinajstić information content (AvgIpc) is 2.78. The second-order valence-corrected chi connectivity index (χ2v) is 7.54. The summed E-state index contributed by atoms with van der Waals surface area (Å²) in [7, 11) is 0. The Kier molecular flexibility index (Phi) is 2.80. The molecule has 1 aliphatic heterocycles. The van der Waals surface area contributed by atoms with E-state index in [9.17, 15) is 14.7 Å². The van der Waals surface area contributed by atoms with Crippen molar-refractivity contribution in [2.75, 3.05) is 6.61 Å². The molecule has 4 heteroatoms. The van der Waals surface area contributed by atoms with Crippen molar-refractivity contribution >= 4 is 11.8 Å². The Morgan fingerprint density at radius 1 is 1.14 bits per heavy atom. The fourth-order valence-electron chi connectivity index (χ4n) is 4.97. The van der Waals surface area contributed by atoms with Crippen LogP contribution >= 0.6 is 0 Å². The van der Waals surface area contributed by atoms with Crippen molar-refractivity contribution in [3.63, 3.8) is 0 Å². The van der Waals surface area contributed by atoms with Crippen LogP contribution in [0.15, 0.2) is 24.3 Å². The highest BCUT2D eigenvalue weighted by molar-refractivity contribution is 6.21. The van der Waals surface area contributed by atoms with Crippen LogP contribution in [0.1, 0.15) is 47.4 Å². The predicted octanol–water partition coefficient (Wildman–Crippen LogP) is 2.33. The van der Waals surface area contributed by atoms with Crippen LogP contribution in [0.5, 0.6) is 0 Å². The van der Waals surface area contributed by atoms with E-state index in [1.54, 1.807) is 24.3 Å². The number of rotatable bonds is 2. The second kappa shape index (κ2) is 4.42. The molecule has 2 bridgehead atoms. The van der Waals surface area contributed by atoms with Crippen molar-refractivity contribution < 1.29 is 14.7 Å². The summed E-state index contributed by atoms with van der Waals surface area (Å²) in [6.45, 7) is 4.53. The molecule has 3 aliphatic carbocycles. The van der Waals surface area contributed by atoms with Gasteiger partial charge in [-0.05, 0) is 42.2 Å². The van der Waals surface area contributed by atoms with E-state index >= 15 is 0 Å². The topological polar surface area (TPSA) is 57.6 Å². The van der Waals surface area contributed by atoms with E-state index in [-0.39, 0.29) is 35.8 Å². The SMILES string of the molecule is CC1(C)[C@@H]2CC(N3C(=O)c4ccccc4C3=O)[C@H](CO)[C@H]1C2. The molecule has 1 aromatic carbocycles. The third kappa shape index (κ3) is 1.56. The van der Waals surface area contributed by atoms with Gasteiger partial charge in [0.1, 0.15) is 0 Å². The van der Waals surface area contributed by atoms with E-state index in [0.29, 0.717) is 23.0 Å². The van der Waals surface area contributed by atoms with Crippen LogP contribution in [0.4, 0.5) is 0 Å². The summed E-state index contributed by atoms with van der Waals surface area (Å²) in [5.41, 5.74) is 1.22. The molecule has 2 amide bonds. The Labute approximate surface area is 130 Å². The molecule has 116 valence electrons. The maximum Gasteiger partial charge on any atom is 0.261 e. The van der Waals surface area contributed by atoms with Crippen molar-refractivity contribution in [3.05, 3.63) is 35.4 Å². The van der Waals surface area contributed by atoms with Crippen LogP contribution in [0, 0.1) is 23.2 Å². The average molecular weight is 299 g/mol. The van der Waals surface area contributed by atoms with Gasteiger partial charge in [-0.1, -0.05) is 26.0 Å². The van der Waals surface area contributed by atoms with Crippen LogP contribution in [-0.4, -0.2) is 34.5 Å². The molecule has 4 aliphatic rings. The molecule has 0 aromatic heterocycles. The van der Waals surface area contributed by atoms with Crippen LogP contribution in [0.3, 0.4) is 0 Å². The molecule has 5 rings (SSSR count). The molecule has 1 N–H and O–H groups in total. The van der Waals surface area contributed by atoms with E-state index < -0.39 is 0 Å².